The van der Waals surface area contributed by atoms with Gasteiger partial charge in [-0.15, -0.1) is 0 Å². The van der Waals surface area contributed by atoms with Crippen LogP contribution in [0.15, 0.2) is 46.9 Å². The summed E-state index contributed by atoms with van der Waals surface area (Å²) in [7, 11) is 1.56. The number of ether oxygens (including phenoxy) is 1. The number of carboxylic acid groups (broad SMARTS) is 1. The van der Waals surface area contributed by atoms with Crippen molar-refractivity contribution in [2.45, 2.75) is 0 Å². The van der Waals surface area contributed by atoms with E-state index in [-0.39, 0.29) is 0 Å². The van der Waals surface area contributed by atoms with Crippen LogP contribution in [-0.4, -0.2) is 18.2 Å². The molecule has 98 valence electrons. The lowest BCUT2D eigenvalue weighted by Gasteiger charge is -1.98. The highest BCUT2D eigenvalue weighted by Gasteiger charge is 2.10. The van der Waals surface area contributed by atoms with Crippen LogP contribution in [0.4, 0.5) is 0 Å². The van der Waals surface area contributed by atoms with E-state index in [4.69, 9.17) is 25.9 Å². The van der Waals surface area contributed by atoms with Crippen molar-refractivity contribution in [2.75, 3.05) is 7.11 Å². The van der Waals surface area contributed by atoms with Gasteiger partial charge < -0.3 is 14.3 Å². The minimum absolute atomic E-state index is 0.316. The zero-order chi connectivity index (χ0) is 13.8. The maximum absolute atomic E-state index is 10.3. The molecule has 0 unspecified atom stereocenters. The monoisotopic (exact) mass is 278 g/mol. The van der Waals surface area contributed by atoms with Crippen LogP contribution in [0.3, 0.4) is 0 Å². The zero-order valence-corrected chi connectivity index (χ0v) is 10.8. The molecule has 2 aromatic rings. The molecule has 0 aliphatic heterocycles. The van der Waals surface area contributed by atoms with Crippen molar-refractivity contribution in [1.82, 2.24) is 0 Å². The Morgan fingerprint density at radius 1 is 1.47 bits per heavy atom. The third-order valence-corrected chi connectivity index (χ3v) is 2.76. The molecule has 0 aliphatic carbocycles. The van der Waals surface area contributed by atoms with Gasteiger partial charge in [0, 0.05) is 11.5 Å². The van der Waals surface area contributed by atoms with E-state index in [1.54, 1.807) is 19.2 Å². The molecule has 4 nitrogen and oxygen atoms in total. The number of rotatable bonds is 4. The predicted octanol–water partition coefficient (Wildman–Crippen LogP) is 3.66. The van der Waals surface area contributed by atoms with Gasteiger partial charge in [0.2, 0.25) is 0 Å². The van der Waals surface area contributed by atoms with Crippen LogP contribution >= 0.6 is 11.6 Å². The highest BCUT2D eigenvalue weighted by atomic mass is 35.5. The smallest absolute Gasteiger partial charge is 0.328 e. The van der Waals surface area contributed by atoms with Gasteiger partial charge in [0.1, 0.15) is 5.76 Å². The van der Waals surface area contributed by atoms with E-state index in [0.717, 1.165) is 11.5 Å². The molecule has 1 aromatic carbocycles. The standard InChI is InChI=1S/C14H11ClO4/c1-18-11-6-2-4-9-8-12(19-14(9)11)10(15)5-3-7-13(16)17/h2-8H,1H3,(H,16,17)/b7-3+,10-5-. The van der Waals surface area contributed by atoms with Gasteiger partial charge in [0.05, 0.1) is 12.1 Å². The fraction of sp³-hybridized carbons (Fsp3) is 0.0714. The maximum Gasteiger partial charge on any atom is 0.328 e. The summed E-state index contributed by atoms with van der Waals surface area (Å²) in [5, 5.41) is 9.66. The Bertz CT molecular complexity index is 667. The van der Waals surface area contributed by atoms with Crippen molar-refractivity contribution in [2.24, 2.45) is 0 Å². The van der Waals surface area contributed by atoms with Crippen molar-refractivity contribution < 1.29 is 19.1 Å². The van der Waals surface area contributed by atoms with Crippen molar-refractivity contribution >= 4 is 33.6 Å². The molecule has 0 amide bonds. The van der Waals surface area contributed by atoms with Crippen molar-refractivity contribution in [3.63, 3.8) is 0 Å². The number of carboxylic acids is 1. The minimum Gasteiger partial charge on any atom is -0.493 e. The van der Waals surface area contributed by atoms with Crippen molar-refractivity contribution in [3.8, 4) is 5.75 Å². The molecule has 0 saturated carbocycles. The van der Waals surface area contributed by atoms with E-state index in [2.05, 4.69) is 0 Å². The molecule has 0 bridgehead atoms. The fourth-order valence-electron chi connectivity index (χ4n) is 1.61. The number of para-hydroxylation sites is 1. The maximum atomic E-state index is 10.3. The summed E-state index contributed by atoms with van der Waals surface area (Å²) in [6.07, 6.45) is 3.79. The number of benzene rings is 1. The zero-order valence-electron chi connectivity index (χ0n) is 10.1. The first-order chi connectivity index (χ1) is 9.11. The molecule has 0 saturated heterocycles. The highest BCUT2D eigenvalue weighted by Crippen LogP contribution is 2.32. The lowest BCUT2D eigenvalue weighted by molar-refractivity contribution is -0.131. The summed E-state index contributed by atoms with van der Waals surface area (Å²) in [4.78, 5) is 10.3. The molecule has 1 aromatic heterocycles. The number of hydrogen-bond donors (Lipinski definition) is 1. The average molecular weight is 279 g/mol. The summed E-state index contributed by atoms with van der Waals surface area (Å²) >= 11 is 6.04. The molecule has 1 N–H and O–H groups in total. The molecule has 5 heteroatoms. The molecule has 19 heavy (non-hydrogen) atoms. The van der Waals surface area contributed by atoms with Gasteiger partial charge in [-0.1, -0.05) is 29.8 Å². The van der Waals surface area contributed by atoms with Gasteiger partial charge in [-0.3, -0.25) is 0 Å². The number of aliphatic carboxylic acids is 1. The van der Waals surface area contributed by atoms with Crippen LogP contribution in [-0.2, 0) is 4.79 Å². The van der Waals surface area contributed by atoms with E-state index in [9.17, 15) is 4.79 Å². The first kappa shape index (κ1) is 13.2. The third kappa shape index (κ3) is 2.98. The van der Waals surface area contributed by atoms with Gasteiger partial charge in [-0.2, -0.15) is 0 Å². The molecule has 0 aliphatic rings. The molecule has 1 heterocycles. The van der Waals surface area contributed by atoms with E-state index < -0.39 is 5.97 Å². The van der Waals surface area contributed by atoms with Gasteiger partial charge >= 0.3 is 5.97 Å². The van der Waals surface area contributed by atoms with Crippen LogP contribution in [0.2, 0.25) is 0 Å². The van der Waals surface area contributed by atoms with Gasteiger partial charge in [-0.05, 0) is 18.2 Å². The Morgan fingerprint density at radius 3 is 2.95 bits per heavy atom. The van der Waals surface area contributed by atoms with Crippen LogP contribution in [0.25, 0.3) is 16.0 Å². The van der Waals surface area contributed by atoms with Gasteiger partial charge in [0.25, 0.3) is 0 Å². The Morgan fingerprint density at radius 2 is 2.26 bits per heavy atom. The Balaban J connectivity index is 2.38. The SMILES string of the molecule is COc1cccc2cc(/C(Cl)=C/C=C/C(=O)O)oc12. The molecule has 0 fully saturated rings. The third-order valence-electron chi connectivity index (χ3n) is 2.44. The predicted molar refractivity (Wildman–Crippen MR) is 73.4 cm³/mol. The van der Waals surface area contributed by atoms with Crippen LogP contribution in [0.1, 0.15) is 5.76 Å². The number of furan rings is 1. The van der Waals surface area contributed by atoms with E-state index in [1.807, 2.05) is 12.1 Å². The Kier molecular flexibility index (Phi) is 3.92. The van der Waals surface area contributed by atoms with Gasteiger partial charge in [0.15, 0.2) is 11.3 Å². The lowest BCUT2D eigenvalue weighted by Crippen LogP contribution is -1.84. The second kappa shape index (κ2) is 5.63. The lowest BCUT2D eigenvalue weighted by atomic mass is 10.2. The molecule has 0 spiro atoms. The van der Waals surface area contributed by atoms with Crippen LogP contribution in [0.5, 0.6) is 5.75 Å². The summed E-state index contributed by atoms with van der Waals surface area (Å²) in [5.74, 6) is 0.0393. The number of hydrogen-bond acceptors (Lipinski definition) is 3. The van der Waals surface area contributed by atoms with Gasteiger partial charge in [-0.25, -0.2) is 4.79 Å². The normalized spacial score (nSPS) is 12.2. The molecular weight excluding hydrogens is 268 g/mol. The highest BCUT2D eigenvalue weighted by molar-refractivity contribution is 6.48. The minimum atomic E-state index is -1.04. The van der Waals surface area contributed by atoms with E-state index in [0.29, 0.717) is 22.1 Å². The Labute approximate surface area is 114 Å². The molecule has 0 radical (unpaired) electrons. The fourth-order valence-corrected chi connectivity index (χ4v) is 1.78. The van der Waals surface area contributed by atoms with Crippen molar-refractivity contribution in [1.29, 1.82) is 0 Å². The first-order valence-electron chi connectivity index (χ1n) is 5.45. The number of fused-ring (bicyclic) bond motifs is 1. The summed E-state index contributed by atoms with van der Waals surface area (Å²) < 4.78 is 10.8. The van der Waals surface area contributed by atoms with Crippen LogP contribution in [0, 0.1) is 0 Å². The molecule has 0 atom stereocenters. The van der Waals surface area contributed by atoms with E-state index in [1.165, 1.54) is 12.2 Å². The molecule has 2 rings (SSSR count). The second-order valence-electron chi connectivity index (χ2n) is 3.70. The average Bonchev–Trinajstić information content (AvgIpc) is 2.81. The summed E-state index contributed by atoms with van der Waals surface area (Å²) in [6, 6.07) is 7.29. The topological polar surface area (TPSA) is 59.7 Å². The quantitative estimate of drug-likeness (QED) is 0.685. The molecular formula is C14H11ClO4. The van der Waals surface area contributed by atoms with Crippen LogP contribution < -0.4 is 4.74 Å². The van der Waals surface area contributed by atoms with E-state index >= 15 is 0 Å². The number of halogens is 1. The number of methoxy groups -OCH3 is 1. The summed E-state index contributed by atoms with van der Waals surface area (Å²) in [5.41, 5.74) is 0.605. The van der Waals surface area contributed by atoms with Crippen molar-refractivity contribution in [3.05, 3.63) is 48.3 Å². The summed E-state index contributed by atoms with van der Waals surface area (Å²) in [6.45, 7) is 0. The Hall–Kier alpha value is -2.20. The number of allylic oxidation sites excluding steroid dienone is 2. The first-order valence-corrected chi connectivity index (χ1v) is 5.83. The largest absolute Gasteiger partial charge is 0.493 e. The second-order valence-corrected chi connectivity index (χ2v) is 4.11. The number of carbonyl (C=O) groups is 1.